The summed E-state index contributed by atoms with van der Waals surface area (Å²) in [7, 11) is 12.2. The summed E-state index contributed by atoms with van der Waals surface area (Å²) in [6.07, 6.45) is 4.69. The number of hydrogen-bond donors (Lipinski definition) is 5. The van der Waals surface area contributed by atoms with Gasteiger partial charge >= 0.3 is 0 Å². The number of carbonyl (C=O) groups is 11. The molecule has 2 saturated heterocycles. The quantitative estimate of drug-likeness (QED) is 0.119. The van der Waals surface area contributed by atoms with Crippen molar-refractivity contribution in [2.24, 2.45) is 41.4 Å². The van der Waals surface area contributed by atoms with Crippen LogP contribution in [0.25, 0.3) is 0 Å². The molecule has 0 aromatic carbocycles. The minimum atomic E-state index is -1.63. The van der Waals surface area contributed by atoms with Crippen LogP contribution in [0.3, 0.4) is 0 Å². The molecule has 0 bridgehead atoms. The largest absolute Gasteiger partial charge is 0.390 e. The zero-order chi connectivity index (χ0) is 72.2. The Morgan fingerprint density at radius 2 is 0.862 bits per heavy atom. The number of carbonyl (C=O) groups excluding carboxylic acids is 11. The number of aliphatic hydroxyl groups is 1. The van der Waals surface area contributed by atoms with Gasteiger partial charge in [0.25, 0.3) is 0 Å². The van der Waals surface area contributed by atoms with Crippen molar-refractivity contribution in [3.63, 3.8) is 0 Å². The molecule has 24 nitrogen and oxygen atoms in total. The highest BCUT2D eigenvalue weighted by Crippen LogP contribution is 2.29. The third-order valence-corrected chi connectivity index (χ3v) is 20.0. The van der Waals surface area contributed by atoms with Crippen molar-refractivity contribution in [1.29, 1.82) is 0 Å². The van der Waals surface area contributed by atoms with Crippen LogP contribution in [0.5, 0.6) is 0 Å². The average molecular weight is 1350 g/mol. The van der Waals surface area contributed by atoms with Crippen LogP contribution in [-0.4, -0.2) is 262 Å². The monoisotopic (exact) mass is 1340 g/mol. The van der Waals surface area contributed by atoms with E-state index in [1.54, 1.807) is 59.4 Å². The van der Waals surface area contributed by atoms with E-state index in [4.69, 9.17) is 0 Å². The maximum absolute atomic E-state index is 15.5. The van der Waals surface area contributed by atoms with E-state index in [2.05, 4.69) is 26.2 Å². The zero-order valence-corrected chi connectivity index (χ0v) is 62.7. The Balaban J connectivity index is 3.11. The molecule has 94 heavy (non-hydrogen) atoms. The van der Waals surface area contributed by atoms with E-state index < -0.39 is 155 Å². The first-order chi connectivity index (χ1) is 43.6. The number of rotatable bonds is 18. The number of nitrogens with zero attached hydrogens (tertiary/aromatic N) is 8. The van der Waals surface area contributed by atoms with E-state index >= 15 is 28.8 Å². The molecular formula is C69H124N12O12S. The predicted molar refractivity (Wildman–Crippen MR) is 370 cm³/mol. The number of likely N-dealkylation sites (N-methyl/N-ethyl adjacent to an activating group) is 7. The zero-order valence-electron chi connectivity index (χ0n) is 61.9. The first-order valence-corrected chi connectivity index (χ1v) is 35.3. The highest BCUT2D eigenvalue weighted by Gasteiger charge is 2.47. The van der Waals surface area contributed by atoms with Crippen LogP contribution in [0, 0.1) is 41.4 Å². The first-order valence-electron chi connectivity index (χ1n) is 34.3. The fourth-order valence-corrected chi connectivity index (χ4v) is 13.7. The van der Waals surface area contributed by atoms with E-state index in [1.807, 2.05) is 75.4 Å². The Labute approximate surface area is 568 Å². The lowest BCUT2D eigenvalue weighted by Crippen LogP contribution is -2.64. The second kappa shape index (κ2) is 38.8. The lowest BCUT2D eigenvalue weighted by molar-refractivity contribution is -0.157. The van der Waals surface area contributed by atoms with Crippen molar-refractivity contribution in [3.05, 3.63) is 12.2 Å². The maximum atomic E-state index is 15.5. The predicted octanol–water partition coefficient (Wildman–Crippen LogP) is 4.47. The van der Waals surface area contributed by atoms with Crippen molar-refractivity contribution >= 4 is 76.7 Å². The molecule has 5 N–H and O–H groups in total. The first kappa shape index (κ1) is 84.3. The van der Waals surface area contributed by atoms with E-state index in [1.165, 1.54) is 92.6 Å². The Bertz CT molecular complexity index is 2580. The standard InChI is InChI=1S/C69H124N12O12S/c1-26-28-29-45(15)58(82)57-62(86)72-49(27-2)64(88)79(23)54(38-94-48-30-32-74(18)33-31-48)67(91)75(19)51(35-40(5)6)61(85)73-55(43(11)12)68(92)76(20)50(34-39(3)4)60(84)70-46(16)59(83)71-47(17)63(87)77(21)52(36-41(7)8)65(89)78(22)53(37-42(9)10)66(90)80(24)56(44(13)14)69(93)81(57)25/h26,28,39-58,82H,27,29-38H2,1-25H3,(H,70,84)(H,71,83)(H,72,86)(H,73,85)/b28-26+/t45-,46-,47+,49-,50-,51+,52-,53-,54-,55-,56-,57-,58-/m1/s1. The fourth-order valence-electron chi connectivity index (χ4n) is 12.4. The number of aliphatic hydroxyl groups excluding tert-OH is 1. The van der Waals surface area contributed by atoms with Gasteiger partial charge < -0.3 is 65.6 Å². The number of hydrogen-bond acceptors (Lipinski definition) is 14. The lowest BCUT2D eigenvalue weighted by atomic mass is 9.91. The summed E-state index contributed by atoms with van der Waals surface area (Å²) >= 11 is 1.55. The second-order valence-electron chi connectivity index (χ2n) is 29.1. The van der Waals surface area contributed by atoms with Gasteiger partial charge in [0.2, 0.25) is 65.0 Å². The summed E-state index contributed by atoms with van der Waals surface area (Å²) < 4.78 is 0. The topological polar surface area (TPSA) is 282 Å². The van der Waals surface area contributed by atoms with Gasteiger partial charge in [-0.15, -0.1) is 0 Å². The van der Waals surface area contributed by atoms with Crippen LogP contribution in [0.4, 0.5) is 0 Å². The number of piperidine rings is 1. The summed E-state index contributed by atoms with van der Waals surface area (Å²) in [6.45, 7) is 31.8. The highest BCUT2D eigenvalue weighted by atomic mass is 32.2. The summed E-state index contributed by atoms with van der Waals surface area (Å²) in [5.41, 5.74) is 0. The molecule has 2 heterocycles. The second-order valence-corrected chi connectivity index (χ2v) is 30.5. The molecule has 2 aliphatic rings. The van der Waals surface area contributed by atoms with Crippen molar-refractivity contribution in [1.82, 2.24) is 60.5 Å². The number of thioether (sulfide) groups is 1. The number of likely N-dealkylation sites (tertiary alicyclic amines) is 1. The van der Waals surface area contributed by atoms with Crippen LogP contribution < -0.4 is 21.3 Å². The van der Waals surface area contributed by atoms with Crippen LogP contribution in [0.1, 0.15) is 169 Å². The Hall–Kier alpha value is -5.82. The van der Waals surface area contributed by atoms with Gasteiger partial charge in [-0.25, -0.2) is 0 Å². The van der Waals surface area contributed by atoms with E-state index in [0.29, 0.717) is 6.42 Å². The summed E-state index contributed by atoms with van der Waals surface area (Å²) in [5, 5.41) is 23.7. The maximum Gasteiger partial charge on any atom is 0.246 e. The SMILES string of the molecule is C/C=C/C[C@@H](C)[C@@H](O)[C@@H]1C(=O)N[C@H](CC)C(=O)N(C)[C@H](CSC2CCN(C)CC2)C(=O)N(C)[C@@H](CC(C)C)C(=O)N[C@H](C(C)C)C(=O)N(C)[C@H](CC(C)C)C(=O)N[C@H](C)C(=O)N[C@@H](C)C(=O)N(C)[C@H](CC(C)C)C(=O)N(C)[C@H](CC(C)C)C(=O)N(C)[C@H](C(C)C)C(=O)N1C. The molecule has 0 spiro atoms. The molecule has 0 aromatic heterocycles. The molecule has 2 rings (SSSR count). The fraction of sp³-hybridized carbons (Fsp3) is 0.812. The molecule has 25 heteroatoms. The minimum absolute atomic E-state index is 0.0177. The molecule has 2 fully saturated rings. The Morgan fingerprint density at radius 1 is 0.457 bits per heavy atom. The molecule has 0 saturated carbocycles. The molecule has 0 unspecified atom stereocenters. The smallest absolute Gasteiger partial charge is 0.246 e. The lowest BCUT2D eigenvalue weighted by Gasteiger charge is -2.41. The van der Waals surface area contributed by atoms with Crippen LogP contribution in [-0.2, 0) is 52.7 Å². The van der Waals surface area contributed by atoms with Crippen molar-refractivity contribution < 1.29 is 57.8 Å². The summed E-state index contributed by atoms with van der Waals surface area (Å²) in [4.78, 5) is 176. The molecule has 11 amide bonds. The van der Waals surface area contributed by atoms with E-state index in [-0.39, 0.29) is 66.8 Å². The molecule has 0 radical (unpaired) electrons. The average Bonchev–Trinajstić information content (AvgIpc) is 0.810. The third-order valence-electron chi connectivity index (χ3n) is 18.5. The van der Waals surface area contributed by atoms with E-state index in [9.17, 15) is 29.1 Å². The third kappa shape index (κ3) is 23.5. The number of allylic oxidation sites excluding steroid dienone is 2. The van der Waals surface area contributed by atoms with Crippen LogP contribution in [0.15, 0.2) is 12.2 Å². The van der Waals surface area contributed by atoms with Crippen molar-refractivity contribution in [2.75, 3.05) is 75.2 Å². The summed E-state index contributed by atoms with van der Waals surface area (Å²) in [5.74, 6) is -9.51. The van der Waals surface area contributed by atoms with Gasteiger partial charge in [-0.3, -0.25) is 52.7 Å². The summed E-state index contributed by atoms with van der Waals surface area (Å²) in [6, 6.07) is -13.7. The van der Waals surface area contributed by atoms with Crippen LogP contribution >= 0.6 is 11.8 Å². The van der Waals surface area contributed by atoms with Gasteiger partial charge in [-0.05, 0) is 134 Å². The molecule has 13 atom stereocenters. The Kier molecular flexibility index (Phi) is 34.8. The van der Waals surface area contributed by atoms with Gasteiger partial charge in [0, 0.05) is 60.3 Å². The van der Waals surface area contributed by atoms with Crippen molar-refractivity contribution in [2.45, 2.75) is 247 Å². The minimum Gasteiger partial charge on any atom is -0.390 e. The molecule has 538 valence electrons. The van der Waals surface area contributed by atoms with Gasteiger partial charge in [0.15, 0.2) is 0 Å². The van der Waals surface area contributed by atoms with E-state index in [0.717, 1.165) is 30.8 Å². The normalized spacial score (nSPS) is 27.7. The molecule has 2 aliphatic heterocycles. The molecule has 0 aliphatic carbocycles. The van der Waals surface area contributed by atoms with Crippen LogP contribution in [0.2, 0.25) is 0 Å². The number of amides is 11. The van der Waals surface area contributed by atoms with Gasteiger partial charge in [-0.2, -0.15) is 11.8 Å². The number of nitrogens with one attached hydrogen (secondary N) is 4. The molecule has 0 aromatic rings. The Morgan fingerprint density at radius 3 is 1.32 bits per heavy atom. The van der Waals surface area contributed by atoms with Gasteiger partial charge in [-0.1, -0.05) is 109 Å². The van der Waals surface area contributed by atoms with Gasteiger partial charge in [0.05, 0.1) is 6.10 Å². The van der Waals surface area contributed by atoms with Crippen molar-refractivity contribution in [3.8, 4) is 0 Å². The van der Waals surface area contributed by atoms with Gasteiger partial charge in [0.1, 0.15) is 66.5 Å². The molecular weight excluding hydrogens is 1220 g/mol. The highest BCUT2D eigenvalue weighted by molar-refractivity contribution is 8.00.